The Bertz CT molecular complexity index is 1230. The zero-order valence-corrected chi connectivity index (χ0v) is 16.1. The van der Waals surface area contributed by atoms with Crippen LogP contribution in [0.15, 0.2) is 42.9 Å². The number of pyridine rings is 2. The zero-order chi connectivity index (χ0) is 19.8. The van der Waals surface area contributed by atoms with Crippen LogP contribution in [0.3, 0.4) is 0 Å². The number of hydrogen-bond donors (Lipinski definition) is 0. The van der Waals surface area contributed by atoms with Gasteiger partial charge in [-0.2, -0.15) is 4.98 Å². The average molecular weight is 405 g/mol. The van der Waals surface area contributed by atoms with E-state index in [0.717, 1.165) is 41.5 Å². The fourth-order valence-corrected chi connectivity index (χ4v) is 4.78. The topological polar surface area (TPSA) is 104 Å². The molecule has 0 saturated heterocycles. The standard InChI is InChI=1S/C20H15N5O3S/c26-25(27)18-14(7-4-10-22-18)28-19-16-13-6-1-2-8-15(13)29-20(16)24-17(23-19)12-5-3-9-21-11-12/h3-5,7,9-11H,1-2,6,8H2. The SMILES string of the molecule is O=[N+]([O-])c1ncccc1Oc1nc(-c2cccnc2)nc2sc3c(c12)CCCC3. The highest BCUT2D eigenvalue weighted by Crippen LogP contribution is 2.42. The molecule has 4 heterocycles. The van der Waals surface area contributed by atoms with Crippen LogP contribution >= 0.6 is 11.3 Å². The van der Waals surface area contributed by atoms with E-state index in [4.69, 9.17) is 9.72 Å². The summed E-state index contributed by atoms with van der Waals surface area (Å²) in [6.45, 7) is 0. The number of hydrogen-bond acceptors (Lipinski definition) is 8. The maximum absolute atomic E-state index is 11.4. The molecule has 5 rings (SSSR count). The summed E-state index contributed by atoms with van der Waals surface area (Å²) in [5.41, 5.74) is 1.95. The van der Waals surface area contributed by atoms with E-state index >= 15 is 0 Å². The van der Waals surface area contributed by atoms with Crippen LogP contribution in [0.25, 0.3) is 21.6 Å². The molecule has 4 aromatic rings. The molecule has 4 aromatic heterocycles. The molecule has 0 atom stereocenters. The summed E-state index contributed by atoms with van der Waals surface area (Å²) < 4.78 is 6.00. The minimum Gasteiger partial charge on any atom is -0.429 e. The van der Waals surface area contributed by atoms with Gasteiger partial charge in [0.25, 0.3) is 0 Å². The van der Waals surface area contributed by atoms with E-state index in [9.17, 15) is 10.1 Å². The number of nitrogens with zero attached hydrogens (tertiary/aromatic N) is 5. The van der Waals surface area contributed by atoms with Crippen molar-refractivity contribution < 1.29 is 9.66 Å². The second-order valence-electron chi connectivity index (χ2n) is 6.67. The highest BCUT2D eigenvalue weighted by molar-refractivity contribution is 7.18. The van der Waals surface area contributed by atoms with Gasteiger partial charge in [0, 0.05) is 22.8 Å². The van der Waals surface area contributed by atoms with Crippen molar-refractivity contribution >= 4 is 27.4 Å². The van der Waals surface area contributed by atoms with Crippen molar-refractivity contribution in [3.63, 3.8) is 0 Å². The zero-order valence-electron chi connectivity index (χ0n) is 15.2. The summed E-state index contributed by atoms with van der Waals surface area (Å²) in [5, 5.41) is 12.2. The highest BCUT2D eigenvalue weighted by atomic mass is 32.1. The third kappa shape index (κ3) is 3.19. The van der Waals surface area contributed by atoms with Crippen molar-refractivity contribution in [2.24, 2.45) is 0 Å². The maximum atomic E-state index is 11.4. The lowest BCUT2D eigenvalue weighted by atomic mass is 9.97. The summed E-state index contributed by atoms with van der Waals surface area (Å²) in [6, 6.07) is 6.82. The molecule has 29 heavy (non-hydrogen) atoms. The number of ether oxygens (including phenoxy) is 1. The maximum Gasteiger partial charge on any atom is 0.406 e. The summed E-state index contributed by atoms with van der Waals surface area (Å²) in [4.78, 5) is 30.3. The Morgan fingerprint density at radius 2 is 1.97 bits per heavy atom. The van der Waals surface area contributed by atoms with E-state index in [-0.39, 0.29) is 11.6 Å². The van der Waals surface area contributed by atoms with E-state index < -0.39 is 4.92 Å². The Morgan fingerprint density at radius 3 is 2.79 bits per heavy atom. The summed E-state index contributed by atoms with van der Waals surface area (Å²) in [5.74, 6) is 0.520. The van der Waals surface area contributed by atoms with E-state index in [1.807, 2.05) is 12.1 Å². The van der Waals surface area contributed by atoms with Gasteiger partial charge in [-0.3, -0.25) is 4.98 Å². The van der Waals surface area contributed by atoms with Crippen LogP contribution in [0.1, 0.15) is 23.3 Å². The molecule has 9 heteroatoms. The van der Waals surface area contributed by atoms with Crippen LogP contribution in [-0.4, -0.2) is 24.9 Å². The van der Waals surface area contributed by atoms with Crippen molar-refractivity contribution in [3.8, 4) is 23.0 Å². The average Bonchev–Trinajstić information content (AvgIpc) is 3.13. The Hall–Kier alpha value is -3.46. The number of aryl methyl sites for hydroxylation is 2. The number of thiophene rings is 1. The second kappa shape index (κ2) is 7.17. The van der Waals surface area contributed by atoms with Gasteiger partial charge in [0.1, 0.15) is 11.0 Å². The monoisotopic (exact) mass is 405 g/mol. The summed E-state index contributed by atoms with van der Waals surface area (Å²) >= 11 is 1.64. The van der Waals surface area contributed by atoms with Gasteiger partial charge in [0.05, 0.1) is 5.39 Å². The first-order valence-corrected chi connectivity index (χ1v) is 10.0. The van der Waals surface area contributed by atoms with Gasteiger partial charge in [-0.25, -0.2) is 4.98 Å². The molecule has 0 radical (unpaired) electrons. The van der Waals surface area contributed by atoms with Gasteiger partial charge in [-0.1, -0.05) is 0 Å². The Morgan fingerprint density at radius 1 is 1.10 bits per heavy atom. The molecule has 0 fully saturated rings. The van der Waals surface area contributed by atoms with Gasteiger partial charge >= 0.3 is 5.82 Å². The van der Waals surface area contributed by atoms with E-state index in [1.165, 1.54) is 22.7 Å². The normalized spacial score (nSPS) is 13.2. The van der Waals surface area contributed by atoms with E-state index in [2.05, 4.69) is 15.0 Å². The quantitative estimate of drug-likeness (QED) is 0.357. The van der Waals surface area contributed by atoms with Crippen LogP contribution in [-0.2, 0) is 12.8 Å². The number of rotatable bonds is 4. The summed E-state index contributed by atoms with van der Waals surface area (Å²) in [6.07, 6.45) is 8.91. The molecule has 0 amide bonds. The van der Waals surface area contributed by atoms with Crippen LogP contribution in [0.5, 0.6) is 11.6 Å². The summed E-state index contributed by atoms with van der Waals surface area (Å²) in [7, 11) is 0. The van der Waals surface area contributed by atoms with Crippen molar-refractivity contribution in [1.82, 2.24) is 19.9 Å². The van der Waals surface area contributed by atoms with Crippen molar-refractivity contribution in [2.45, 2.75) is 25.7 Å². The first-order valence-electron chi connectivity index (χ1n) is 9.20. The molecule has 0 N–H and O–H groups in total. The molecule has 0 saturated carbocycles. The first-order chi connectivity index (χ1) is 14.2. The molecule has 8 nitrogen and oxygen atoms in total. The predicted molar refractivity (Wildman–Crippen MR) is 108 cm³/mol. The third-order valence-corrected chi connectivity index (χ3v) is 6.02. The van der Waals surface area contributed by atoms with Crippen molar-refractivity contribution in [1.29, 1.82) is 0 Å². The second-order valence-corrected chi connectivity index (χ2v) is 7.75. The van der Waals surface area contributed by atoms with Gasteiger partial charge < -0.3 is 14.9 Å². The van der Waals surface area contributed by atoms with Crippen molar-refractivity contribution in [3.05, 3.63) is 63.4 Å². The minimum atomic E-state index is -0.557. The van der Waals surface area contributed by atoms with Crippen LogP contribution in [0, 0.1) is 10.1 Å². The lowest BCUT2D eigenvalue weighted by Gasteiger charge is -2.12. The molecule has 0 aliphatic heterocycles. The Labute approximate surface area is 169 Å². The molecule has 0 bridgehead atoms. The molecular weight excluding hydrogens is 390 g/mol. The predicted octanol–water partition coefficient (Wildman–Crippen LogP) is 4.73. The van der Waals surface area contributed by atoms with Crippen LogP contribution < -0.4 is 4.74 Å². The first kappa shape index (κ1) is 17.6. The molecule has 0 unspecified atom stereocenters. The molecule has 0 aromatic carbocycles. The number of aromatic nitrogens is 4. The molecule has 1 aliphatic carbocycles. The van der Waals surface area contributed by atoms with Gasteiger partial charge in [0.15, 0.2) is 5.82 Å². The molecule has 0 spiro atoms. The van der Waals surface area contributed by atoms with Gasteiger partial charge in [0.2, 0.25) is 11.6 Å². The van der Waals surface area contributed by atoms with Gasteiger partial charge in [-0.15, -0.1) is 11.3 Å². The molecule has 1 aliphatic rings. The smallest absolute Gasteiger partial charge is 0.406 e. The van der Waals surface area contributed by atoms with Crippen molar-refractivity contribution in [2.75, 3.05) is 0 Å². The van der Waals surface area contributed by atoms with Gasteiger partial charge in [-0.05, 0) is 65.4 Å². The number of nitro groups is 1. The largest absolute Gasteiger partial charge is 0.429 e. The Kier molecular flexibility index (Phi) is 4.36. The van der Waals surface area contributed by atoms with E-state index in [0.29, 0.717) is 11.7 Å². The number of fused-ring (bicyclic) bond motifs is 3. The fraction of sp³-hybridized carbons (Fsp3) is 0.200. The Balaban J connectivity index is 1.72. The highest BCUT2D eigenvalue weighted by Gasteiger charge is 2.25. The van der Waals surface area contributed by atoms with Crippen LogP contribution in [0.2, 0.25) is 0 Å². The lowest BCUT2D eigenvalue weighted by Crippen LogP contribution is -2.02. The third-order valence-electron chi connectivity index (χ3n) is 4.83. The minimum absolute atomic E-state index is 0.0606. The molecular formula is C20H15N5O3S. The van der Waals surface area contributed by atoms with E-state index in [1.54, 1.807) is 29.8 Å². The fourth-order valence-electron chi connectivity index (χ4n) is 3.53. The molecule has 144 valence electrons. The lowest BCUT2D eigenvalue weighted by molar-refractivity contribution is -0.390. The van der Waals surface area contributed by atoms with Crippen LogP contribution in [0.4, 0.5) is 5.82 Å².